The topological polar surface area (TPSA) is 17.1 Å². The van der Waals surface area contributed by atoms with E-state index in [9.17, 15) is 9.18 Å². The summed E-state index contributed by atoms with van der Waals surface area (Å²) in [6, 6.07) is 4.46. The van der Waals surface area contributed by atoms with E-state index in [4.69, 9.17) is 0 Å². The first kappa shape index (κ1) is 10.1. The van der Waals surface area contributed by atoms with E-state index in [1.54, 1.807) is 6.07 Å². The van der Waals surface area contributed by atoms with E-state index in [1.807, 2.05) is 0 Å². The normalized spacial score (nSPS) is 15.2. The van der Waals surface area contributed by atoms with Crippen molar-refractivity contribution < 1.29 is 9.18 Å². The minimum Gasteiger partial charge on any atom is -0.294 e. The zero-order chi connectivity index (χ0) is 10.8. The predicted molar refractivity (Wildman–Crippen MR) is 58.2 cm³/mol. The summed E-state index contributed by atoms with van der Waals surface area (Å²) in [4.78, 5) is 11.4. The molecule has 1 nitrogen and oxygen atoms in total. The monoisotopic (exact) mass is 204 g/mol. The molecular formula is C13H13FO. The van der Waals surface area contributed by atoms with Crippen molar-refractivity contribution in [3.63, 3.8) is 0 Å². The molecule has 0 saturated carbocycles. The van der Waals surface area contributed by atoms with Crippen LogP contribution in [0.5, 0.6) is 0 Å². The van der Waals surface area contributed by atoms with Gasteiger partial charge in [0, 0.05) is 5.56 Å². The van der Waals surface area contributed by atoms with Crippen molar-refractivity contribution in [3.05, 3.63) is 41.2 Å². The van der Waals surface area contributed by atoms with Gasteiger partial charge < -0.3 is 0 Å². The molecule has 0 aromatic heterocycles. The molecule has 2 heteroatoms. The molecule has 1 aromatic rings. The van der Waals surface area contributed by atoms with Crippen LogP contribution in [0.2, 0.25) is 0 Å². The molecule has 0 fully saturated rings. The van der Waals surface area contributed by atoms with E-state index < -0.39 is 0 Å². The lowest BCUT2D eigenvalue weighted by atomic mass is 9.97. The van der Waals surface area contributed by atoms with Crippen LogP contribution in [0.15, 0.2) is 24.3 Å². The van der Waals surface area contributed by atoms with Crippen molar-refractivity contribution in [2.45, 2.75) is 26.2 Å². The van der Waals surface area contributed by atoms with Gasteiger partial charge in [0.05, 0.1) is 0 Å². The number of Topliss-reactive ketones (excluding diaryl/α,β-unsaturated/α-hetero) is 1. The van der Waals surface area contributed by atoms with Crippen LogP contribution in [0.25, 0.3) is 5.57 Å². The third-order valence-corrected chi connectivity index (χ3v) is 2.75. The maximum absolute atomic E-state index is 13.0. The van der Waals surface area contributed by atoms with Gasteiger partial charge in [-0.3, -0.25) is 4.79 Å². The number of carbonyl (C=O) groups excluding carboxylic acids is 1. The molecule has 0 aliphatic heterocycles. The number of allylic oxidation sites excluding steroid dienone is 2. The van der Waals surface area contributed by atoms with Gasteiger partial charge in [0.15, 0.2) is 5.78 Å². The second-order valence-corrected chi connectivity index (χ2v) is 3.87. The number of hydrogen-bond acceptors (Lipinski definition) is 1. The highest BCUT2D eigenvalue weighted by molar-refractivity contribution is 5.99. The zero-order valence-corrected chi connectivity index (χ0v) is 8.72. The van der Waals surface area contributed by atoms with Gasteiger partial charge in [0.2, 0.25) is 0 Å². The van der Waals surface area contributed by atoms with Crippen molar-refractivity contribution >= 4 is 11.4 Å². The molecule has 0 spiro atoms. The maximum Gasteiger partial charge on any atom is 0.160 e. The van der Waals surface area contributed by atoms with Crippen LogP contribution >= 0.6 is 0 Å². The Labute approximate surface area is 88.6 Å². The fourth-order valence-corrected chi connectivity index (χ4v) is 2.00. The Morgan fingerprint density at radius 3 is 2.80 bits per heavy atom. The molecule has 78 valence electrons. The second kappa shape index (κ2) is 3.97. The van der Waals surface area contributed by atoms with E-state index in [0.717, 1.165) is 24.8 Å². The number of hydrogen-bond donors (Lipinski definition) is 0. The molecule has 0 unspecified atom stereocenters. The Balaban J connectivity index is 2.50. The zero-order valence-electron chi connectivity index (χ0n) is 8.72. The van der Waals surface area contributed by atoms with Crippen LogP contribution in [0, 0.1) is 5.82 Å². The standard InChI is InChI=1S/C13H13FO/c1-9(15)13-8-11(14)6-7-12(13)10-4-2-3-5-10/h4,6-8H,2-3,5H2,1H3. The van der Waals surface area contributed by atoms with Gasteiger partial charge in [0.25, 0.3) is 0 Å². The molecule has 0 bridgehead atoms. The predicted octanol–water partition coefficient (Wildman–Crippen LogP) is 3.60. The van der Waals surface area contributed by atoms with Gasteiger partial charge >= 0.3 is 0 Å². The average molecular weight is 204 g/mol. The Bertz CT molecular complexity index is 432. The van der Waals surface area contributed by atoms with Gasteiger partial charge in [-0.1, -0.05) is 12.1 Å². The van der Waals surface area contributed by atoms with Crippen molar-refractivity contribution in [2.75, 3.05) is 0 Å². The van der Waals surface area contributed by atoms with Crippen LogP contribution in [0.4, 0.5) is 4.39 Å². The average Bonchev–Trinajstić information content (AvgIpc) is 2.70. The highest BCUT2D eigenvalue weighted by atomic mass is 19.1. The van der Waals surface area contributed by atoms with Gasteiger partial charge in [0.1, 0.15) is 5.82 Å². The molecule has 1 aromatic carbocycles. The SMILES string of the molecule is CC(=O)c1cc(F)ccc1C1=CCCC1. The molecular weight excluding hydrogens is 191 g/mol. The number of carbonyl (C=O) groups is 1. The molecule has 1 aliphatic carbocycles. The fourth-order valence-electron chi connectivity index (χ4n) is 2.00. The quantitative estimate of drug-likeness (QED) is 0.673. The lowest BCUT2D eigenvalue weighted by molar-refractivity contribution is 0.101. The number of benzene rings is 1. The van der Waals surface area contributed by atoms with Gasteiger partial charge in [-0.25, -0.2) is 4.39 Å². The first-order chi connectivity index (χ1) is 7.18. The summed E-state index contributed by atoms with van der Waals surface area (Å²) in [5.74, 6) is -0.417. The lowest BCUT2D eigenvalue weighted by Gasteiger charge is -2.07. The molecule has 0 radical (unpaired) electrons. The van der Waals surface area contributed by atoms with Gasteiger partial charge in [-0.05, 0) is 49.5 Å². The lowest BCUT2D eigenvalue weighted by Crippen LogP contribution is -1.99. The third-order valence-electron chi connectivity index (χ3n) is 2.75. The molecule has 0 saturated heterocycles. The van der Waals surface area contributed by atoms with Crippen molar-refractivity contribution in [1.82, 2.24) is 0 Å². The Hall–Kier alpha value is -1.44. The largest absolute Gasteiger partial charge is 0.294 e. The summed E-state index contributed by atoms with van der Waals surface area (Å²) in [6.07, 6.45) is 5.32. The Kier molecular flexibility index (Phi) is 2.67. The second-order valence-electron chi connectivity index (χ2n) is 3.87. The number of ketones is 1. The summed E-state index contributed by atoms with van der Waals surface area (Å²) in [7, 11) is 0. The Morgan fingerprint density at radius 2 is 2.20 bits per heavy atom. The van der Waals surface area contributed by atoms with Crippen molar-refractivity contribution in [1.29, 1.82) is 0 Å². The highest BCUT2D eigenvalue weighted by Crippen LogP contribution is 2.30. The van der Waals surface area contributed by atoms with Gasteiger partial charge in [-0.15, -0.1) is 0 Å². The van der Waals surface area contributed by atoms with Crippen LogP contribution < -0.4 is 0 Å². The smallest absolute Gasteiger partial charge is 0.160 e. The van der Waals surface area contributed by atoms with Crippen LogP contribution in [0.3, 0.4) is 0 Å². The molecule has 0 amide bonds. The van der Waals surface area contributed by atoms with E-state index in [2.05, 4.69) is 6.08 Å². The molecule has 2 rings (SSSR count). The summed E-state index contributed by atoms with van der Waals surface area (Å²) in [5.41, 5.74) is 2.59. The number of rotatable bonds is 2. The molecule has 0 N–H and O–H groups in total. The minimum absolute atomic E-state index is 0.0719. The molecule has 0 atom stereocenters. The summed E-state index contributed by atoms with van der Waals surface area (Å²) >= 11 is 0. The van der Waals surface area contributed by atoms with Crippen molar-refractivity contribution in [3.8, 4) is 0 Å². The van der Waals surface area contributed by atoms with E-state index in [1.165, 1.54) is 24.6 Å². The van der Waals surface area contributed by atoms with Gasteiger partial charge in [-0.2, -0.15) is 0 Å². The maximum atomic E-state index is 13.0. The fraction of sp³-hybridized carbons (Fsp3) is 0.308. The molecule has 1 aliphatic rings. The minimum atomic E-state index is -0.345. The molecule has 0 heterocycles. The Morgan fingerprint density at radius 1 is 1.40 bits per heavy atom. The van der Waals surface area contributed by atoms with Crippen LogP contribution in [-0.2, 0) is 0 Å². The van der Waals surface area contributed by atoms with Crippen LogP contribution in [-0.4, -0.2) is 5.78 Å². The first-order valence-corrected chi connectivity index (χ1v) is 5.18. The van der Waals surface area contributed by atoms with E-state index in [-0.39, 0.29) is 11.6 Å². The van der Waals surface area contributed by atoms with Crippen molar-refractivity contribution in [2.24, 2.45) is 0 Å². The highest BCUT2D eigenvalue weighted by Gasteiger charge is 2.14. The van der Waals surface area contributed by atoms with E-state index in [0.29, 0.717) is 5.56 Å². The van der Waals surface area contributed by atoms with Crippen LogP contribution in [0.1, 0.15) is 42.1 Å². The molecule has 15 heavy (non-hydrogen) atoms. The third kappa shape index (κ3) is 1.99. The van der Waals surface area contributed by atoms with E-state index >= 15 is 0 Å². The summed E-state index contributed by atoms with van der Waals surface area (Å²) < 4.78 is 13.0. The first-order valence-electron chi connectivity index (χ1n) is 5.18. The number of halogens is 1. The summed E-state index contributed by atoms with van der Waals surface area (Å²) in [6.45, 7) is 1.48. The summed E-state index contributed by atoms with van der Waals surface area (Å²) in [5, 5.41) is 0.